The van der Waals surface area contributed by atoms with E-state index in [1.165, 1.54) is 31.4 Å². The number of piperidine rings is 1. The van der Waals surface area contributed by atoms with Crippen LogP contribution in [0.4, 0.5) is 0 Å². The fourth-order valence-corrected chi connectivity index (χ4v) is 5.02. The van der Waals surface area contributed by atoms with Crippen LogP contribution in [0.15, 0.2) is 30.3 Å². The number of benzene rings is 1. The molecule has 0 radical (unpaired) electrons. The molecule has 1 unspecified atom stereocenters. The molecule has 4 nitrogen and oxygen atoms in total. The topological polar surface area (TPSA) is 41.6 Å². The quantitative estimate of drug-likeness (QED) is 0.616. The molecular formula is C26H42N2O2. The van der Waals surface area contributed by atoms with Crippen LogP contribution in [0.1, 0.15) is 71.8 Å². The van der Waals surface area contributed by atoms with Crippen LogP contribution in [-0.2, 0) is 14.9 Å². The number of carbonyl (C=O) groups is 1. The molecule has 1 saturated heterocycles. The van der Waals surface area contributed by atoms with Crippen LogP contribution in [0, 0.1) is 5.92 Å². The van der Waals surface area contributed by atoms with Crippen LogP contribution in [0.2, 0.25) is 0 Å². The largest absolute Gasteiger partial charge is 0.379 e. The summed E-state index contributed by atoms with van der Waals surface area (Å²) in [6.45, 7) is 10.1. The van der Waals surface area contributed by atoms with Gasteiger partial charge in [-0.05, 0) is 76.2 Å². The number of methoxy groups -OCH3 is 1. The number of likely N-dealkylation sites (N-methyl/N-ethyl adjacent to an activating group) is 1. The minimum absolute atomic E-state index is 0. The van der Waals surface area contributed by atoms with Gasteiger partial charge in [-0.15, -0.1) is 0 Å². The normalized spacial score (nSPS) is 19.4. The molecular weight excluding hydrogens is 372 g/mol. The number of ether oxygens (including phenoxy) is 1. The lowest BCUT2D eigenvalue weighted by Gasteiger charge is -2.39. The van der Waals surface area contributed by atoms with Crippen LogP contribution in [0.3, 0.4) is 0 Å². The van der Waals surface area contributed by atoms with Gasteiger partial charge in [0.25, 0.3) is 5.91 Å². The SMILES string of the molecule is CNC(=O)C1=CC2(CCN(CCC(C)CCCC(C)(C)OC)CC2)c2ccccc21.[HH]. The molecule has 1 atom stereocenters. The Balaban J connectivity index is 0.00000341. The van der Waals surface area contributed by atoms with Gasteiger partial charge in [-0.25, -0.2) is 0 Å². The van der Waals surface area contributed by atoms with E-state index in [-0.39, 0.29) is 18.3 Å². The van der Waals surface area contributed by atoms with E-state index in [2.05, 4.69) is 55.3 Å². The number of hydrogen-bond acceptors (Lipinski definition) is 3. The number of fused-ring (bicyclic) bond motifs is 2. The van der Waals surface area contributed by atoms with E-state index < -0.39 is 0 Å². The maximum Gasteiger partial charge on any atom is 0.251 e. The van der Waals surface area contributed by atoms with Gasteiger partial charge in [0.05, 0.1) is 5.60 Å². The average Bonchev–Trinajstić information content (AvgIpc) is 3.07. The Morgan fingerprint density at radius 2 is 1.97 bits per heavy atom. The Kier molecular flexibility index (Phi) is 7.41. The smallest absolute Gasteiger partial charge is 0.251 e. The Hall–Kier alpha value is -1.65. The predicted molar refractivity (Wildman–Crippen MR) is 127 cm³/mol. The summed E-state index contributed by atoms with van der Waals surface area (Å²) in [5.74, 6) is 0.785. The number of nitrogens with one attached hydrogen (secondary N) is 1. The second-order valence-electron chi connectivity index (χ2n) is 9.93. The molecule has 1 aliphatic carbocycles. The number of carbonyl (C=O) groups excluding carboxylic acids is 1. The highest BCUT2D eigenvalue weighted by atomic mass is 16.5. The molecule has 0 bridgehead atoms. The molecule has 168 valence electrons. The molecule has 1 N–H and O–H groups in total. The third-order valence-corrected chi connectivity index (χ3v) is 7.36. The van der Waals surface area contributed by atoms with Crippen LogP contribution >= 0.6 is 0 Å². The maximum absolute atomic E-state index is 12.4. The summed E-state index contributed by atoms with van der Waals surface area (Å²) < 4.78 is 5.54. The van der Waals surface area contributed by atoms with Gasteiger partial charge in [-0.2, -0.15) is 0 Å². The Bertz CT molecular complexity index is 766. The predicted octanol–water partition coefficient (Wildman–Crippen LogP) is 5.03. The van der Waals surface area contributed by atoms with E-state index in [9.17, 15) is 4.79 Å². The number of allylic oxidation sites excluding steroid dienone is 1. The average molecular weight is 415 g/mol. The summed E-state index contributed by atoms with van der Waals surface area (Å²) in [5.41, 5.74) is 3.36. The highest BCUT2D eigenvalue weighted by Gasteiger charge is 2.41. The van der Waals surface area contributed by atoms with Gasteiger partial charge < -0.3 is 15.0 Å². The van der Waals surface area contributed by atoms with E-state index in [0.29, 0.717) is 0 Å². The van der Waals surface area contributed by atoms with Crippen molar-refractivity contribution in [1.29, 1.82) is 0 Å². The van der Waals surface area contributed by atoms with Crippen molar-refractivity contribution < 1.29 is 11.0 Å². The molecule has 1 fully saturated rings. The fourth-order valence-electron chi connectivity index (χ4n) is 5.02. The number of nitrogens with zero attached hydrogens (tertiary/aromatic N) is 1. The van der Waals surface area contributed by atoms with Crippen LogP contribution < -0.4 is 5.32 Å². The van der Waals surface area contributed by atoms with Gasteiger partial charge in [0.15, 0.2) is 0 Å². The molecule has 1 spiro atoms. The monoisotopic (exact) mass is 414 g/mol. The first-order valence-electron chi connectivity index (χ1n) is 11.6. The van der Waals surface area contributed by atoms with Crippen molar-refractivity contribution in [2.45, 2.75) is 70.3 Å². The highest BCUT2D eigenvalue weighted by Crippen LogP contribution is 2.47. The zero-order chi connectivity index (χ0) is 21.8. The number of hydrogen-bond donors (Lipinski definition) is 1. The van der Waals surface area contributed by atoms with Gasteiger partial charge in [-0.1, -0.05) is 50.1 Å². The summed E-state index contributed by atoms with van der Waals surface area (Å²) in [4.78, 5) is 15.0. The van der Waals surface area contributed by atoms with E-state index in [1.54, 1.807) is 7.05 Å². The maximum atomic E-state index is 12.4. The molecule has 1 aliphatic heterocycles. The van der Waals surface area contributed by atoms with Crippen molar-refractivity contribution in [3.8, 4) is 0 Å². The summed E-state index contributed by atoms with van der Waals surface area (Å²) in [6.07, 6.45) is 9.34. The van der Waals surface area contributed by atoms with Crippen molar-refractivity contribution in [2.75, 3.05) is 33.8 Å². The highest BCUT2D eigenvalue weighted by molar-refractivity contribution is 6.21. The molecule has 1 aromatic rings. The first kappa shape index (κ1) is 23.0. The summed E-state index contributed by atoms with van der Waals surface area (Å²) >= 11 is 0. The molecule has 3 rings (SSSR count). The number of rotatable bonds is 9. The van der Waals surface area contributed by atoms with Crippen LogP contribution in [0.5, 0.6) is 0 Å². The zero-order valence-corrected chi connectivity index (χ0v) is 19.6. The Labute approximate surface area is 184 Å². The van der Waals surface area contributed by atoms with Gasteiger partial charge in [0.1, 0.15) is 0 Å². The van der Waals surface area contributed by atoms with Crippen molar-refractivity contribution in [1.82, 2.24) is 10.2 Å². The van der Waals surface area contributed by atoms with Crippen molar-refractivity contribution >= 4 is 11.5 Å². The number of likely N-dealkylation sites (tertiary alicyclic amines) is 1. The van der Waals surface area contributed by atoms with E-state index in [4.69, 9.17) is 4.74 Å². The zero-order valence-electron chi connectivity index (χ0n) is 19.6. The minimum atomic E-state index is -0.000465. The van der Waals surface area contributed by atoms with E-state index in [0.717, 1.165) is 49.4 Å². The van der Waals surface area contributed by atoms with Crippen molar-refractivity contribution in [2.24, 2.45) is 5.92 Å². The molecule has 4 heteroatoms. The first-order chi connectivity index (χ1) is 14.3. The first-order valence-corrected chi connectivity index (χ1v) is 11.6. The standard InChI is InChI=1S/C26H40N2O2.H2/c1-20(9-8-13-25(2,3)30-5)12-16-28-17-14-26(15-18-28)19-22(24(29)27-4)21-10-6-7-11-23(21)26;/h6-7,10-11,19-20H,8-9,12-18H2,1-5H3,(H,27,29);1H. The second-order valence-corrected chi connectivity index (χ2v) is 9.93. The molecule has 0 aromatic heterocycles. The fraction of sp³-hybridized carbons (Fsp3) is 0.654. The van der Waals surface area contributed by atoms with E-state index >= 15 is 0 Å². The van der Waals surface area contributed by atoms with E-state index in [1.807, 2.05) is 13.2 Å². The van der Waals surface area contributed by atoms with Gasteiger partial charge in [0, 0.05) is 26.6 Å². The summed E-state index contributed by atoms with van der Waals surface area (Å²) in [7, 11) is 3.53. The van der Waals surface area contributed by atoms with Crippen molar-refractivity contribution in [3.63, 3.8) is 0 Å². The van der Waals surface area contributed by atoms with Gasteiger partial charge in [-0.3, -0.25) is 4.79 Å². The number of amides is 1. The molecule has 1 amide bonds. The lowest BCUT2D eigenvalue weighted by molar-refractivity contribution is -0.115. The third-order valence-electron chi connectivity index (χ3n) is 7.36. The summed E-state index contributed by atoms with van der Waals surface area (Å²) in [6, 6.07) is 8.48. The van der Waals surface area contributed by atoms with Crippen LogP contribution in [0.25, 0.3) is 5.57 Å². The van der Waals surface area contributed by atoms with Crippen LogP contribution in [-0.4, -0.2) is 50.2 Å². The molecule has 30 heavy (non-hydrogen) atoms. The Morgan fingerprint density at radius 3 is 2.63 bits per heavy atom. The molecule has 0 saturated carbocycles. The summed E-state index contributed by atoms with van der Waals surface area (Å²) in [5, 5.41) is 2.82. The Morgan fingerprint density at radius 1 is 1.27 bits per heavy atom. The molecule has 1 aromatic carbocycles. The lowest BCUT2D eigenvalue weighted by atomic mass is 9.74. The molecule has 2 aliphatic rings. The lowest BCUT2D eigenvalue weighted by Crippen LogP contribution is -2.41. The minimum Gasteiger partial charge on any atom is -0.379 e. The second kappa shape index (κ2) is 9.65. The van der Waals surface area contributed by atoms with Gasteiger partial charge >= 0.3 is 0 Å². The van der Waals surface area contributed by atoms with Gasteiger partial charge in [0.2, 0.25) is 0 Å². The third kappa shape index (κ3) is 5.15. The van der Waals surface area contributed by atoms with Crippen molar-refractivity contribution in [3.05, 3.63) is 41.5 Å². The molecule has 1 heterocycles.